The van der Waals surface area contributed by atoms with Crippen molar-refractivity contribution in [2.75, 3.05) is 18.5 Å². The van der Waals surface area contributed by atoms with E-state index in [0.717, 1.165) is 12.0 Å². The number of nitrogens with two attached hydrogens (primary N) is 1. The number of fused-ring (bicyclic) bond motifs is 1. The van der Waals surface area contributed by atoms with E-state index < -0.39 is 6.10 Å². The number of H-pyrrole nitrogens is 1. The molecule has 2 rings (SSSR count). The highest BCUT2D eigenvalue weighted by Crippen LogP contribution is 2.34. The maximum Gasteiger partial charge on any atom is 0.168 e. The Labute approximate surface area is 81.5 Å². The highest BCUT2D eigenvalue weighted by molar-refractivity contribution is 5.84. The van der Waals surface area contributed by atoms with Crippen molar-refractivity contribution in [3.63, 3.8) is 0 Å². The van der Waals surface area contributed by atoms with Crippen molar-refractivity contribution in [1.29, 1.82) is 0 Å². The van der Waals surface area contributed by atoms with Gasteiger partial charge < -0.3 is 20.7 Å². The van der Waals surface area contributed by atoms with Gasteiger partial charge in [-0.1, -0.05) is 0 Å². The molecule has 1 aromatic heterocycles. The number of aromatic amines is 1. The number of aldehydes is 1. The summed E-state index contributed by atoms with van der Waals surface area (Å²) in [6.45, 7) is 0.548. The first-order valence-corrected chi connectivity index (χ1v) is 4.46. The second-order valence-electron chi connectivity index (χ2n) is 3.61. The molecule has 2 unspecified atom stereocenters. The lowest BCUT2D eigenvalue weighted by atomic mass is 9.98. The van der Waals surface area contributed by atoms with E-state index in [1.54, 1.807) is 6.20 Å². The molecule has 1 aromatic rings. The Morgan fingerprint density at radius 3 is 3.14 bits per heavy atom. The SMILES string of the molecule is CN1CC(N)C(O)c2c[nH]c(C=O)c21. The predicted molar refractivity (Wildman–Crippen MR) is 52.4 cm³/mol. The Kier molecular flexibility index (Phi) is 2.05. The summed E-state index contributed by atoms with van der Waals surface area (Å²) in [5.41, 5.74) is 7.69. The fourth-order valence-electron chi connectivity index (χ4n) is 1.93. The molecule has 0 radical (unpaired) electrons. The van der Waals surface area contributed by atoms with Crippen molar-refractivity contribution < 1.29 is 9.90 Å². The summed E-state index contributed by atoms with van der Waals surface area (Å²) in [4.78, 5) is 15.4. The van der Waals surface area contributed by atoms with Gasteiger partial charge in [0, 0.05) is 25.4 Å². The Morgan fingerprint density at radius 2 is 2.50 bits per heavy atom. The van der Waals surface area contributed by atoms with Gasteiger partial charge in [0.15, 0.2) is 6.29 Å². The molecule has 0 aromatic carbocycles. The number of aromatic nitrogens is 1. The first-order valence-electron chi connectivity index (χ1n) is 4.46. The minimum absolute atomic E-state index is 0.303. The summed E-state index contributed by atoms with van der Waals surface area (Å²) in [5.74, 6) is 0. The number of aliphatic hydroxyl groups excluding tert-OH is 1. The second kappa shape index (κ2) is 3.11. The molecule has 0 bridgehead atoms. The maximum absolute atomic E-state index is 10.7. The topological polar surface area (TPSA) is 82.3 Å². The van der Waals surface area contributed by atoms with Crippen LogP contribution in [-0.2, 0) is 0 Å². The molecule has 5 nitrogen and oxygen atoms in total. The van der Waals surface area contributed by atoms with Crippen molar-refractivity contribution in [1.82, 2.24) is 4.98 Å². The number of nitrogens with zero attached hydrogens (tertiary/aromatic N) is 1. The highest BCUT2D eigenvalue weighted by Gasteiger charge is 2.31. The largest absolute Gasteiger partial charge is 0.387 e. The van der Waals surface area contributed by atoms with Crippen LogP contribution in [0.5, 0.6) is 0 Å². The fourth-order valence-corrected chi connectivity index (χ4v) is 1.93. The Bertz CT molecular complexity index is 361. The lowest BCUT2D eigenvalue weighted by Crippen LogP contribution is -2.44. The van der Waals surface area contributed by atoms with Crippen LogP contribution in [-0.4, -0.2) is 36.0 Å². The van der Waals surface area contributed by atoms with Crippen molar-refractivity contribution in [3.05, 3.63) is 17.5 Å². The molecule has 0 saturated heterocycles. The molecule has 14 heavy (non-hydrogen) atoms. The van der Waals surface area contributed by atoms with E-state index >= 15 is 0 Å². The maximum atomic E-state index is 10.7. The van der Waals surface area contributed by atoms with E-state index in [0.29, 0.717) is 17.8 Å². The number of anilines is 1. The standard InChI is InChI=1S/C9H13N3O2/c1-12-3-6(10)9(14)5-2-11-7(4-13)8(5)12/h2,4,6,9,11,14H,3,10H2,1H3. The molecule has 1 aliphatic rings. The van der Waals surface area contributed by atoms with Crippen LogP contribution in [0.15, 0.2) is 6.20 Å². The van der Waals surface area contributed by atoms with E-state index in [-0.39, 0.29) is 6.04 Å². The predicted octanol–water partition coefficient (Wildman–Crippen LogP) is -0.362. The monoisotopic (exact) mass is 195 g/mol. The van der Waals surface area contributed by atoms with Gasteiger partial charge in [-0.25, -0.2) is 0 Å². The Morgan fingerprint density at radius 1 is 1.79 bits per heavy atom. The van der Waals surface area contributed by atoms with Gasteiger partial charge in [-0.3, -0.25) is 4.79 Å². The van der Waals surface area contributed by atoms with Crippen molar-refractivity contribution in [2.45, 2.75) is 12.1 Å². The highest BCUT2D eigenvalue weighted by atomic mass is 16.3. The van der Waals surface area contributed by atoms with Gasteiger partial charge in [0.2, 0.25) is 0 Å². The first-order chi connectivity index (χ1) is 6.65. The van der Waals surface area contributed by atoms with Crippen molar-refractivity contribution >= 4 is 12.0 Å². The third-order valence-electron chi connectivity index (χ3n) is 2.62. The number of aliphatic hydroxyl groups is 1. The number of carbonyl (C=O) groups excluding carboxylic acids is 1. The number of nitrogens with one attached hydrogen (secondary N) is 1. The molecule has 76 valence electrons. The minimum Gasteiger partial charge on any atom is -0.387 e. The summed E-state index contributed by atoms with van der Waals surface area (Å²) in [7, 11) is 1.85. The first kappa shape index (κ1) is 9.23. The fraction of sp³-hybridized carbons (Fsp3) is 0.444. The van der Waals surface area contributed by atoms with Crippen LogP contribution in [0.3, 0.4) is 0 Å². The molecule has 0 aliphatic carbocycles. The quantitative estimate of drug-likeness (QED) is 0.534. The van der Waals surface area contributed by atoms with Gasteiger partial charge in [0.05, 0.1) is 17.8 Å². The number of hydrogen-bond donors (Lipinski definition) is 3. The Hall–Kier alpha value is -1.33. The summed E-state index contributed by atoms with van der Waals surface area (Å²) in [6.07, 6.45) is 1.70. The summed E-state index contributed by atoms with van der Waals surface area (Å²) >= 11 is 0. The van der Waals surface area contributed by atoms with Crippen molar-refractivity contribution in [3.8, 4) is 0 Å². The van der Waals surface area contributed by atoms with Crippen LogP contribution in [0.1, 0.15) is 22.2 Å². The van der Waals surface area contributed by atoms with Crippen LogP contribution in [0, 0.1) is 0 Å². The van der Waals surface area contributed by atoms with Crippen LogP contribution in [0.4, 0.5) is 5.69 Å². The summed E-state index contributed by atoms with van der Waals surface area (Å²) in [5, 5.41) is 9.77. The lowest BCUT2D eigenvalue weighted by Gasteiger charge is -2.33. The van der Waals surface area contributed by atoms with E-state index in [4.69, 9.17) is 5.73 Å². The zero-order chi connectivity index (χ0) is 10.3. The van der Waals surface area contributed by atoms with E-state index in [2.05, 4.69) is 4.98 Å². The average Bonchev–Trinajstić information content (AvgIpc) is 2.58. The molecule has 4 N–H and O–H groups in total. The molecular formula is C9H13N3O2. The molecular weight excluding hydrogens is 182 g/mol. The zero-order valence-electron chi connectivity index (χ0n) is 7.90. The molecule has 2 heterocycles. The minimum atomic E-state index is -0.689. The molecule has 0 fully saturated rings. The number of rotatable bonds is 1. The van der Waals surface area contributed by atoms with Crippen LogP contribution in [0.2, 0.25) is 0 Å². The molecule has 5 heteroatoms. The van der Waals surface area contributed by atoms with Gasteiger partial charge in [0.1, 0.15) is 5.69 Å². The number of carbonyl (C=O) groups is 1. The van der Waals surface area contributed by atoms with Crippen molar-refractivity contribution in [2.24, 2.45) is 5.73 Å². The Balaban J connectivity index is 2.52. The van der Waals surface area contributed by atoms with E-state index in [9.17, 15) is 9.90 Å². The zero-order valence-corrected chi connectivity index (χ0v) is 7.90. The van der Waals surface area contributed by atoms with Crippen LogP contribution < -0.4 is 10.6 Å². The second-order valence-corrected chi connectivity index (χ2v) is 3.61. The number of hydrogen-bond acceptors (Lipinski definition) is 4. The van der Waals surface area contributed by atoms with Gasteiger partial charge in [0.25, 0.3) is 0 Å². The summed E-state index contributed by atoms with van der Waals surface area (Å²) in [6, 6.07) is -0.303. The van der Waals surface area contributed by atoms with Gasteiger partial charge in [-0.15, -0.1) is 0 Å². The molecule has 0 amide bonds. The number of likely N-dealkylation sites (N-methyl/N-ethyl adjacent to an activating group) is 1. The molecule has 0 saturated carbocycles. The molecule has 2 atom stereocenters. The average molecular weight is 195 g/mol. The smallest absolute Gasteiger partial charge is 0.168 e. The van der Waals surface area contributed by atoms with E-state index in [1.807, 2.05) is 11.9 Å². The lowest BCUT2D eigenvalue weighted by molar-refractivity contribution is 0.111. The molecule has 0 spiro atoms. The van der Waals surface area contributed by atoms with Crippen LogP contribution >= 0.6 is 0 Å². The molecule has 1 aliphatic heterocycles. The van der Waals surface area contributed by atoms with E-state index in [1.165, 1.54) is 0 Å². The summed E-state index contributed by atoms with van der Waals surface area (Å²) < 4.78 is 0. The van der Waals surface area contributed by atoms with Gasteiger partial charge >= 0.3 is 0 Å². The van der Waals surface area contributed by atoms with Gasteiger partial charge in [-0.05, 0) is 0 Å². The third kappa shape index (κ3) is 1.13. The van der Waals surface area contributed by atoms with Crippen LogP contribution in [0.25, 0.3) is 0 Å². The third-order valence-corrected chi connectivity index (χ3v) is 2.62. The normalized spacial score (nSPS) is 26.1. The van der Waals surface area contributed by atoms with Gasteiger partial charge in [-0.2, -0.15) is 0 Å².